The number of aryl methyl sites for hydroxylation is 3. The number of carbonyl (C=O) groups is 1. The van der Waals surface area contributed by atoms with Gasteiger partial charge in [0.25, 0.3) is 0 Å². The van der Waals surface area contributed by atoms with Crippen LogP contribution in [0.15, 0.2) is 22.7 Å². The molecule has 0 spiro atoms. The van der Waals surface area contributed by atoms with Crippen LogP contribution in [0, 0.1) is 30.9 Å². The van der Waals surface area contributed by atoms with E-state index in [0.29, 0.717) is 30.8 Å². The number of nitro groups is 1. The lowest BCUT2D eigenvalue weighted by atomic mass is 10.2. The summed E-state index contributed by atoms with van der Waals surface area (Å²) in [6.45, 7) is 5.70. The zero-order valence-electron chi connectivity index (χ0n) is 13.8. The zero-order valence-corrected chi connectivity index (χ0v) is 15.4. The number of aromatic nitrogens is 2. The Morgan fingerprint density at radius 2 is 2.08 bits per heavy atom. The first-order valence-corrected chi connectivity index (χ1v) is 8.33. The summed E-state index contributed by atoms with van der Waals surface area (Å²) in [5.41, 5.74) is 2.75. The van der Waals surface area contributed by atoms with E-state index in [0.717, 1.165) is 15.7 Å². The van der Waals surface area contributed by atoms with E-state index in [4.69, 9.17) is 0 Å². The largest absolute Gasteiger partial charge is 0.326 e. The normalized spacial score (nSPS) is 10.7. The van der Waals surface area contributed by atoms with Gasteiger partial charge in [-0.3, -0.25) is 19.6 Å². The molecule has 1 amide bonds. The van der Waals surface area contributed by atoms with Gasteiger partial charge in [0.05, 0.1) is 4.92 Å². The highest BCUT2D eigenvalue weighted by molar-refractivity contribution is 9.10. The zero-order chi connectivity index (χ0) is 17.9. The van der Waals surface area contributed by atoms with Gasteiger partial charge in [0.15, 0.2) is 0 Å². The maximum absolute atomic E-state index is 12.0. The summed E-state index contributed by atoms with van der Waals surface area (Å²) in [5.74, 6) is -0.0900. The lowest BCUT2D eigenvalue weighted by Crippen LogP contribution is -2.13. The molecule has 8 heteroatoms. The third-order valence-corrected chi connectivity index (χ3v) is 4.63. The lowest BCUT2D eigenvalue weighted by Gasteiger charge is -2.07. The van der Waals surface area contributed by atoms with Crippen LogP contribution in [0.5, 0.6) is 0 Å². The molecule has 24 heavy (non-hydrogen) atoms. The molecule has 0 fully saturated rings. The highest BCUT2D eigenvalue weighted by Crippen LogP contribution is 2.22. The molecule has 0 bridgehead atoms. The van der Waals surface area contributed by atoms with E-state index in [1.165, 1.54) is 0 Å². The average molecular weight is 395 g/mol. The molecule has 1 N–H and O–H groups in total. The van der Waals surface area contributed by atoms with Crippen molar-refractivity contribution in [2.45, 2.75) is 40.2 Å². The van der Waals surface area contributed by atoms with Gasteiger partial charge in [-0.15, -0.1) is 0 Å². The Morgan fingerprint density at radius 3 is 2.67 bits per heavy atom. The van der Waals surface area contributed by atoms with Gasteiger partial charge < -0.3 is 5.32 Å². The van der Waals surface area contributed by atoms with Gasteiger partial charge in [0, 0.05) is 23.1 Å². The van der Waals surface area contributed by atoms with Crippen LogP contribution in [0.4, 0.5) is 11.4 Å². The van der Waals surface area contributed by atoms with Crippen molar-refractivity contribution in [1.82, 2.24) is 9.78 Å². The standard InChI is InChI=1S/C16H19BrN4O3/c1-10-9-13(6-7-14(10)17)18-15(22)5-4-8-20-12(3)16(21(23)24)11(2)19-20/h6-7,9H,4-5,8H2,1-3H3,(H,18,22). The number of nitrogens with zero attached hydrogens (tertiary/aromatic N) is 3. The summed E-state index contributed by atoms with van der Waals surface area (Å²) in [6.07, 6.45) is 0.877. The Hall–Kier alpha value is -2.22. The fourth-order valence-corrected chi connectivity index (χ4v) is 2.75. The molecule has 0 aliphatic heterocycles. The fourth-order valence-electron chi connectivity index (χ4n) is 2.50. The van der Waals surface area contributed by atoms with Crippen molar-refractivity contribution in [2.24, 2.45) is 0 Å². The average Bonchev–Trinajstić information content (AvgIpc) is 2.77. The van der Waals surface area contributed by atoms with Crippen molar-refractivity contribution >= 4 is 33.2 Å². The predicted octanol–water partition coefficient (Wildman–Crippen LogP) is 3.90. The topological polar surface area (TPSA) is 90.1 Å². The molecule has 128 valence electrons. The Kier molecular flexibility index (Phi) is 5.71. The summed E-state index contributed by atoms with van der Waals surface area (Å²) in [5, 5.41) is 18.0. The van der Waals surface area contributed by atoms with Gasteiger partial charge in [0.1, 0.15) is 11.4 Å². The third kappa shape index (κ3) is 4.19. The molecule has 7 nitrogen and oxygen atoms in total. The van der Waals surface area contributed by atoms with E-state index >= 15 is 0 Å². The summed E-state index contributed by atoms with van der Waals surface area (Å²) >= 11 is 3.42. The SMILES string of the molecule is Cc1cc(NC(=O)CCCn2nc(C)c([N+](=O)[O-])c2C)ccc1Br. The van der Waals surface area contributed by atoms with E-state index in [1.54, 1.807) is 18.5 Å². The molecule has 0 aliphatic carbocycles. The van der Waals surface area contributed by atoms with Gasteiger partial charge >= 0.3 is 5.69 Å². The molecule has 0 atom stereocenters. The highest BCUT2D eigenvalue weighted by atomic mass is 79.9. The van der Waals surface area contributed by atoms with Crippen molar-refractivity contribution in [3.63, 3.8) is 0 Å². The smallest absolute Gasteiger partial charge is 0.312 e. The van der Waals surface area contributed by atoms with Gasteiger partial charge in [-0.05, 0) is 51.0 Å². The highest BCUT2D eigenvalue weighted by Gasteiger charge is 2.21. The number of hydrogen-bond donors (Lipinski definition) is 1. The lowest BCUT2D eigenvalue weighted by molar-refractivity contribution is -0.386. The van der Waals surface area contributed by atoms with E-state index in [-0.39, 0.29) is 11.6 Å². The number of anilines is 1. The van der Waals surface area contributed by atoms with E-state index in [9.17, 15) is 14.9 Å². The Bertz CT molecular complexity index is 786. The van der Waals surface area contributed by atoms with Gasteiger partial charge in [-0.2, -0.15) is 5.10 Å². The number of nitrogens with one attached hydrogen (secondary N) is 1. The predicted molar refractivity (Wildman–Crippen MR) is 95.1 cm³/mol. The van der Waals surface area contributed by atoms with Crippen molar-refractivity contribution in [2.75, 3.05) is 5.32 Å². The van der Waals surface area contributed by atoms with E-state index < -0.39 is 4.92 Å². The van der Waals surface area contributed by atoms with E-state index in [1.807, 2.05) is 25.1 Å². The second-order valence-electron chi connectivity index (χ2n) is 5.62. The molecule has 1 aromatic carbocycles. The number of rotatable bonds is 6. The molecule has 0 aliphatic rings. The number of hydrogen-bond acceptors (Lipinski definition) is 4. The minimum Gasteiger partial charge on any atom is -0.326 e. The van der Waals surface area contributed by atoms with Crippen molar-refractivity contribution in [3.8, 4) is 0 Å². The quantitative estimate of drug-likeness (QED) is 0.593. The molecule has 1 aromatic heterocycles. The van der Waals surface area contributed by atoms with Crippen molar-refractivity contribution < 1.29 is 9.72 Å². The summed E-state index contributed by atoms with van der Waals surface area (Å²) in [7, 11) is 0. The molecule has 0 saturated carbocycles. The van der Waals surface area contributed by atoms with Gasteiger partial charge in [0.2, 0.25) is 5.91 Å². The number of amides is 1. The Labute approximate surface area is 148 Å². The third-order valence-electron chi connectivity index (χ3n) is 3.74. The molecule has 0 unspecified atom stereocenters. The van der Waals surface area contributed by atoms with Crippen LogP contribution in [0.25, 0.3) is 0 Å². The summed E-state index contributed by atoms with van der Waals surface area (Å²) in [4.78, 5) is 22.6. The van der Waals surface area contributed by atoms with Crippen molar-refractivity contribution in [3.05, 3.63) is 49.7 Å². The fraction of sp³-hybridized carbons (Fsp3) is 0.375. The van der Waals surface area contributed by atoms with Crippen LogP contribution in [-0.4, -0.2) is 20.6 Å². The second kappa shape index (κ2) is 7.57. The minimum absolute atomic E-state index is 0.0461. The van der Waals surface area contributed by atoms with Crippen LogP contribution in [0.2, 0.25) is 0 Å². The molecule has 0 radical (unpaired) electrons. The van der Waals surface area contributed by atoms with Crippen LogP contribution in [0.1, 0.15) is 29.8 Å². The molecular weight excluding hydrogens is 376 g/mol. The van der Waals surface area contributed by atoms with Crippen LogP contribution < -0.4 is 5.32 Å². The summed E-state index contributed by atoms with van der Waals surface area (Å²) < 4.78 is 2.58. The van der Waals surface area contributed by atoms with E-state index in [2.05, 4.69) is 26.3 Å². The molecule has 2 rings (SSSR count). The Morgan fingerprint density at radius 1 is 1.38 bits per heavy atom. The first-order valence-electron chi connectivity index (χ1n) is 7.54. The molecule has 0 saturated heterocycles. The number of benzene rings is 1. The Balaban J connectivity index is 1.90. The van der Waals surface area contributed by atoms with Crippen LogP contribution in [0.3, 0.4) is 0 Å². The number of carbonyl (C=O) groups excluding carboxylic acids is 1. The summed E-state index contributed by atoms with van der Waals surface area (Å²) in [6, 6.07) is 5.62. The van der Waals surface area contributed by atoms with Crippen LogP contribution >= 0.6 is 15.9 Å². The monoisotopic (exact) mass is 394 g/mol. The second-order valence-corrected chi connectivity index (χ2v) is 6.47. The minimum atomic E-state index is -0.420. The number of halogens is 1. The molecule has 2 aromatic rings. The molecule has 1 heterocycles. The first kappa shape index (κ1) is 18.1. The van der Waals surface area contributed by atoms with Gasteiger partial charge in [-0.1, -0.05) is 15.9 Å². The maximum atomic E-state index is 12.0. The van der Waals surface area contributed by atoms with Crippen LogP contribution in [-0.2, 0) is 11.3 Å². The van der Waals surface area contributed by atoms with Gasteiger partial charge in [-0.25, -0.2) is 0 Å². The molecular formula is C16H19BrN4O3. The first-order chi connectivity index (χ1) is 11.3. The van der Waals surface area contributed by atoms with Crippen molar-refractivity contribution in [1.29, 1.82) is 0 Å². The maximum Gasteiger partial charge on any atom is 0.312 e.